The van der Waals surface area contributed by atoms with Crippen molar-refractivity contribution < 1.29 is 14.3 Å². The van der Waals surface area contributed by atoms with Crippen LogP contribution >= 0.6 is 11.3 Å². The first-order valence-corrected chi connectivity index (χ1v) is 8.75. The van der Waals surface area contributed by atoms with Crippen LogP contribution in [-0.2, 0) is 20.7 Å². The van der Waals surface area contributed by atoms with Crippen LogP contribution in [0.5, 0.6) is 0 Å². The van der Waals surface area contributed by atoms with E-state index in [-0.39, 0.29) is 5.91 Å². The number of thiophene rings is 1. The van der Waals surface area contributed by atoms with E-state index in [0.717, 1.165) is 25.8 Å². The SMILES string of the molecule is O=C(C1COCCO1)N1CCCCCC1Cc1cccs1. The molecule has 1 aromatic rings. The molecule has 0 saturated carbocycles. The number of carbonyl (C=O) groups is 1. The van der Waals surface area contributed by atoms with Crippen LogP contribution in [0.4, 0.5) is 0 Å². The van der Waals surface area contributed by atoms with Crippen molar-refractivity contribution in [1.29, 1.82) is 0 Å². The minimum Gasteiger partial charge on any atom is -0.376 e. The monoisotopic (exact) mass is 309 g/mol. The average Bonchev–Trinajstić information content (AvgIpc) is 2.92. The Bertz CT molecular complexity index is 442. The van der Waals surface area contributed by atoms with Crippen LogP contribution in [0.15, 0.2) is 17.5 Å². The Morgan fingerprint density at radius 3 is 3.05 bits per heavy atom. The summed E-state index contributed by atoms with van der Waals surface area (Å²) in [6.07, 6.45) is 5.19. The van der Waals surface area contributed by atoms with Crippen molar-refractivity contribution in [3.8, 4) is 0 Å². The number of amides is 1. The van der Waals surface area contributed by atoms with Crippen molar-refractivity contribution in [2.24, 2.45) is 0 Å². The number of nitrogens with zero attached hydrogens (tertiary/aromatic N) is 1. The molecule has 2 unspecified atom stereocenters. The Labute approximate surface area is 130 Å². The quantitative estimate of drug-likeness (QED) is 0.861. The molecule has 1 amide bonds. The van der Waals surface area contributed by atoms with Crippen LogP contribution in [0.3, 0.4) is 0 Å². The molecule has 0 N–H and O–H groups in total. The zero-order valence-electron chi connectivity index (χ0n) is 12.3. The highest BCUT2D eigenvalue weighted by Gasteiger charge is 2.32. The molecule has 3 rings (SSSR count). The second-order valence-electron chi connectivity index (χ2n) is 5.75. The van der Waals surface area contributed by atoms with Gasteiger partial charge in [0, 0.05) is 23.9 Å². The van der Waals surface area contributed by atoms with Gasteiger partial charge < -0.3 is 14.4 Å². The van der Waals surface area contributed by atoms with Crippen molar-refractivity contribution in [2.45, 2.75) is 44.2 Å². The van der Waals surface area contributed by atoms with Gasteiger partial charge in [0.1, 0.15) is 0 Å². The largest absolute Gasteiger partial charge is 0.376 e. The summed E-state index contributed by atoms with van der Waals surface area (Å²) in [5.74, 6) is 0.123. The summed E-state index contributed by atoms with van der Waals surface area (Å²) in [5.41, 5.74) is 0. The van der Waals surface area contributed by atoms with Gasteiger partial charge in [-0.15, -0.1) is 11.3 Å². The van der Waals surface area contributed by atoms with Gasteiger partial charge in [-0.3, -0.25) is 4.79 Å². The summed E-state index contributed by atoms with van der Waals surface area (Å²) in [4.78, 5) is 16.2. The lowest BCUT2D eigenvalue weighted by atomic mass is 10.0. The summed E-state index contributed by atoms with van der Waals surface area (Å²) in [6, 6.07) is 4.56. The third-order valence-electron chi connectivity index (χ3n) is 4.27. The molecular formula is C16H23NO3S. The van der Waals surface area contributed by atoms with E-state index in [1.54, 1.807) is 11.3 Å². The first-order valence-electron chi connectivity index (χ1n) is 7.87. The molecule has 5 heteroatoms. The first kappa shape index (κ1) is 15.0. The Kier molecular flexibility index (Phi) is 5.27. The van der Waals surface area contributed by atoms with Gasteiger partial charge in [0.25, 0.3) is 5.91 Å². The molecule has 116 valence electrons. The fourth-order valence-electron chi connectivity index (χ4n) is 3.16. The zero-order valence-corrected chi connectivity index (χ0v) is 13.1. The molecule has 3 heterocycles. The fourth-order valence-corrected chi connectivity index (χ4v) is 3.93. The van der Waals surface area contributed by atoms with E-state index in [1.807, 2.05) is 0 Å². The molecule has 0 spiro atoms. The van der Waals surface area contributed by atoms with E-state index in [2.05, 4.69) is 22.4 Å². The summed E-state index contributed by atoms with van der Waals surface area (Å²) >= 11 is 1.78. The first-order chi connectivity index (χ1) is 10.3. The van der Waals surface area contributed by atoms with E-state index >= 15 is 0 Å². The number of rotatable bonds is 3. The highest BCUT2D eigenvalue weighted by Crippen LogP contribution is 2.23. The van der Waals surface area contributed by atoms with Crippen molar-refractivity contribution in [1.82, 2.24) is 4.90 Å². The van der Waals surface area contributed by atoms with Crippen LogP contribution in [0.2, 0.25) is 0 Å². The van der Waals surface area contributed by atoms with Crippen LogP contribution in [0.25, 0.3) is 0 Å². The molecule has 2 fully saturated rings. The summed E-state index contributed by atoms with van der Waals surface area (Å²) in [7, 11) is 0. The van der Waals surface area contributed by atoms with E-state index in [9.17, 15) is 4.79 Å². The summed E-state index contributed by atoms with van der Waals surface area (Å²) in [5, 5.41) is 2.11. The Morgan fingerprint density at radius 1 is 1.33 bits per heavy atom. The van der Waals surface area contributed by atoms with Gasteiger partial charge in [0.2, 0.25) is 0 Å². The van der Waals surface area contributed by atoms with E-state index < -0.39 is 6.10 Å². The second kappa shape index (κ2) is 7.38. The van der Waals surface area contributed by atoms with E-state index in [0.29, 0.717) is 25.9 Å². The van der Waals surface area contributed by atoms with Gasteiger partial charge in [-0.05, 0) is 24.3 Å². The number of hydrogen-bond acceptors (Lipinski definition) is 4. The maximum absolute atomic E-state index is 12.8. The van der Waals surface area contributed by atoms with Gasteiger partial charge in [0.15, 0.2) is 6.10 Å². The topological polar surface area (TPSA) is 38.8 Å². The van der Waals surface area contributed by atoms with Crippen molar-refractivity contribution in [2.75, 3.05) is 26.4 Å². The van der Waals surface area contributed by atoms with E-state index in [1.165, 1.54) is 17.7 Å². The molecule has 2 aliphatic heterocycles. The molecule has 0 aromatic carbocycles. The molecule has 2 atom stereocenters. The van der Waals surface area contributed by atoms with Crippen LogP contribution in [0.1, 0.15) is 30.6 Å². The normalized spacial score (nSPS) is 27.3. The molecular weight excluding hydrogens is 286 g/mol. The predicted molar refractivity (Wildman–Crippen MR) is 82.6 cm³/mol. The van der Waals surface area contributed by atoms with Crippen LogP contribution < -0.4 is 0 Å². The molecule has 4 nitrogen and oxygen atoms in total. The number of ether oxygens (including phenoxy) is 2. The van der Waals surface area contributed by atoms with Gasteiger partial charge >= 0.3 is 0 Å². The molecule has 21 heavy (non-hydrogen) atoms. The average molecular weight is 309 g/mol. The number of likely N-dealkylation sites (tertiary alicyclic amines) is 1. The third kappa shape index (κ3) is 3.84. The van der Waals surface area contributed by atoms with Gasteiger partial charge in [-0.25, -0.2) is 0 Å². The Morgan fingerprint density at radius 2 is 2.29 bits per heavy atom. The standard InChI is InChI=1S/C16H23NO3S/c18-16(15-12-19-8-9-20-15)17-7-3-1-2-5-13(17)11-14-6-4-10-21-14/h4,6,10,13,15H,1-3,5,7-9,11-12H2. The van der Waals surface area contributed by atoms with Crippen LogP contribution in [0, 0.1) is 0 Å². The van der Waals surface area contributed by atoms with Crippen molar-refractivity contribution in [3.63, 3.8) is 0 Å². The lowest BCUT2D eigenvalue weighted by Gasteiger charge is -2.34. The zero-order chi connectivity index (χ0) is 14.5. The minimum atomic E-state index is -0.400. The second-order valence-corrected chi connectivity index (χ2v) is 6.78. The smallest absolute Gasteiger partial charge is 0.254 e. The maximum atomic E-state index is 12.8. The number of hydrogen-bond donors (Lipinski definition) is 0. The maximum Gasteiger partial charge on any atom is 0.254 e. The molecule has 0 aliphatic carbocycles. The predicted octanol–water partition coefficient (Wildman–Crippen LogP) is 2.48. The lowest BCUT2D eigenvalue weighted by molar-refractivity contribution is -0.160. The molecule has 1 aromatic heterocycles. The lowest BCUT2D eigenvalue weighted by Crippen LogP contribution is -2.50. The molecule has 0 radical (unpaired) electrons. The molecule has 0 bridgehead atoms. The Balaban J connectivity index is 1.69. The minimum absolute atomic E-state index is 0.123. The van der Waals surface area contributed by atoms with Crippen molar-refractivity contribution in [3.05, 3.63) is 22.4 Å². The molecule has 2 saturated heterocycles. The number of carbonyl (C=O) groups excluding carboxylic acids is 1. The summed E-state index contributed by atoms with van der Waals surface area (Å²) in [6.45, 7) is 2.39. The van der Waals surface area contributed by atoms with Gasteiger partial charge in [0.05, 0.1) is 19.8 Å². The Hall–Kier alpha value is -0.910. The van der Waals surface area contributed by atoms with E-state index in [4.69, 9.17) is 9.47 Å². The third-order valence-corrected chi connectivity index (χ3v) is 5.17. The van der Waals surface area contributed by atoms with Crippen molar-refractivity contribution >= 4 is 17.2 Å². The summed E-state index contributed by atoms with van der Waals surface area (Å²) < 4.78 is 11.0. The molecule has 2 aliphatic rings. The highest BCUT2D eigenvalue weighted by molar-refractivity contribution is 7.09. The fraction of sp³-hybridized carbons (Fsp3) is 0.688. The van der Waals surface area contributed by atoms with Gasteiger partial charge in [-0.2, -0.15) is 0 Å². The van der Waals surface area contributed by atoms with Crippen LogP contribution in [-0.4, -0.2) is 49.3 Å². The van der Waals surface area contributed by atoms with Gasteiger partial charge in [-0.1, -0.05) is 18.9 Å². The highest BCUT2D eigenvalue weighted by atomic mass is 32.1.